The number of hydrogen-bond acceptors (Lipinski definition) is 6. The van der Waals surface area contributed by atoms with E-state index in [-0.39, 0.29) is 0 Å². The molecule has 0 unspecified atom stereocenters. The number of pyridine rings is 1. The number of rotatable bonds is 6. The van der Waals surface area contributed by atoms with Crippen molar-refractivity contribution >= 4 is 43.8 Å². The monoisotopic (exact) mass is 460 g/mol. The maximum absolute atomic E-state index is 8.88. The lowest BCUT2D eigenvalue weighted by molar-refractivity contribution is 0.272. The zero-order valence-electron chi connectivity index (χ0n) is 14.5. The lowest BCUT2D eigenvalue weighted by Gasteiger charge is -2.10. The van der Waals surface area contributed by atoms with Crippen LogP contribution in [-0.2, 0) is 9.13 Å². The predicted molar refractivity (Wildman–Crippen MR) is 106 cm³/mol. The summed E-state index contributed by atoms with van der Waals surface area (Å²) in [6.45, 7) is 3.24. The Bertz CT molecular complexity index is 780. The average Bonchev–Trinajstić information content (AvgIpc) is 2.51. The molecular weight excluding hydrogens is 438 g/mol. The molecule has 12 nitrogen and oxygen atoms in total. The first-order chi connectivity index (χ1) is 12.8. The zero-order chi connectivity index (χ0) is 21.8. The summed E-state index contributed by atoms with van der Waals surface area (Å²) < 4.78 is 17.8. The van der Waals surface area contributed by atoms with Gasteiger partial charge in [-0.2, -0.15) is 0 Å². The fourth-order valence-electron chi connectivity index (χ4n) is 1.79. The Hall–Kier alpha value is -1.14. The zero-order valence-corrected chi connectivity index (χ0v) is 17.1. The van der Waals surface area contributed by atoms with E-state index in [2.05, 4.69) is 15.6 Å². The van der Waals surface area contributed by atoms with Gasteiger partial charge in [-0.1, -0.05) is 11.6 Å². The summed E-state index contributed by atoms with van der Waals surface area (Å²) >= 11 is 5.95. The minimum absolute atomic E-state index is 0.663. The van der Waals surface area contributed by atoms with Gasteiger partial charge in [-0.05, 0) is 24.3 Å². The minimum atomic E-state index is -4.64. The second kappa shape index (κ2) is 13.2. The van der Waals surface area contributed by atoms with Gasteiger partial charge >= 0.3 is 15.6 Å². The van der Waals surface area contributed by atoms with E-state index in [0.717, 1.165) is 36.2 Å². The minimum Gasteiger partial charge on any atom is -0.383 e. The van der Waals surface area contributed by atoms with Crippen LogP contribution in [0.25, 0.3) is 10.9 Å². The Balaban J connectivity index is 0.000000607. The third-order valence-electron chi connectivity index (χ3n) is 2.64. The fourth-order valence-corrected chi connectivity index (χ4v) is 1.95. The van der Waals surface area contributed by atoms with Gasteiger partial charge in [0, 0.05) is 48.5 Å². The third kappa shape index (κ3) is 17.0. The number of aromatic nitrogens is 1. The highest BCUT2D eigenvalue weighted by Crippen LogP contribution is 2.26. The highest BCUT2D eigenvalue weighted by Gasteiger charge is 2.02. The number of benzene rings is 1. The normalized spacial score (nSPS) is 11.1. The maximum atomic E-state index is 8.88. The number of halogens is 1. The van der Waals surface area contributed by atoms with Gasteiger partial charge in [-0.3, -0.25) is 4.98 Å². The van der Waals surface area contributed by atoms with Crippen molar-refractivity contribution in [3.63, 3.8) is 0 Å². The number of nitrogens with one attached hydrogen (secondary N) is 2. The number of anilines is 1. The van der Waals surface area contributed by atoms with Crippen LogP contribution in [0.15, 0.2) is 30.5 Å². The van der Waals surface area contributed by atoms with E-state index in [1.807, 2.05) is 24.3 Å². The van der Waals surface area contributed by atoms with Crippen LogP contribution in [0.4, 0.5) is 5.69 Å². The van der Waals surface area contributed by atoms with Gasteiger partial charge in [0.25, 0.3) is 0 Å². The molecule has 0 fully saturated rings. The van der Waals surface area contributed by atoms with Crippen LogP contribution in [0.1, 0.15) is 0 Å². The van der Waals surface area contributed by atoms with Crippen molar-refractivity contribution in [3.05, 3.63) is 35.5 Å². The molecular formula is C13H23ClN4O8P2. The van der Waals surface area contributed by atoms with Crippen LogP contribution >= 0.6 is 27.2 Å². The van der Waals surface area contributed by atoms with Gasteiger partial charge in [0.15, 0.2) is 0 Å². The SMILES string of the molecule is NCCNCCNc1ccnc2cc(Cl)ccc12.O=P(O)(O)O.O=P(O)(O)O. The van der Waals surface area contributed by atoms with Gasteiger partial charge in [0.1, 0.15) is 0 Å². The average molecular weight is 461 g/mol. The summed E-state index contributed by atoms with van der Waals surface area (Å²) in [4.78, 5) is 47.4. The lowest BCUT2D eigenvalue weighted by Crippen LogP contribution is -2.27. The van der Waals surface area contributed by atoms with Gasteiger partial charge in [0.05, 0.1) is 5.52 Å². The maximum Gasteiger partial charge on any atom is 0.466 e. The van der Waals surface area contributed by atoms with Crippen LogP contribution in [0.3, 0.4) is 0 Å². The molecule has 0 radical (unpaired) electrons. The molecule has 0 aliphatic carbocycles. The van der Waals surface area contributed by atoms with Crippen LogP contribution in [-0.4, -0.2) is 60.5 Å². The first kappa shape index (κ1) is 26.9. The quantitative estimate of drug-likeness (QED) is 0.205. The van der Waals surface area contributed by atoms with Crippen molar-refractivity contribution in [2.75, 3.05) is 31.5 Å². The molecule has 0 bridgehead atoms. The van der Waals surface area contributed by atoms with E-state index in [1.165, 1.54) is 0 Å². The molecule has 0 spiro atoms. The number of phosphoric acid groups is 2. The van der Waals surface area contributed by atoms with Crippen molar-refractivity contribution in [2.24, 2.45) is 5.73 Å². The van der Waals surface area contributed by atoms with Gasteiger partial charge in [0.2, 0.25) is 0 Å². The topological polar surface area (TPSA) is 218 Å². The van der Waals surface area contributed by atoms with Gasteiger partial charge < -0.3 is 45.7 Å². The Morgan fingerprint density at radius 3 is 2.07 bits per heavy atom. The summed E-state index contributed by atoms with van der Waals surface area (Å²) in [7, 11) is -9.28. The Kier molecular flexibility index (Phi) is 12.6. The number of fused-ring (bicyclic) bond motifs is 1. The van der Waals surface area contributed by atoms with Crippen molar-refractivity contribution in [3.8, 4) is 0 Å². The molecule has 1 heterocycles. The lowest BCUT2D eigenvalue weighted by atomic mass is 10.2. The molecule has 28 heavy (non-hydrogen) atoms. The highest BCUT2D eigenvalue weighted by molar-refractivity contribution is 7.45. The van der Waals surface area contributed by atoms with E-state index < -0.39 is 15.6 Å². The van der Waals surface area contributed by atoms with E-state index in [1.54, 1.807) is 6.20 Å². The molecule has 10 N–H and O–H groups in total. The molecule has 15 heteroatoms. The Morgan fingerprint density at radius 2 is 1.54 bits per heavy atom. The van der Waals surface area contributed by atoms with Crippen LogP contribution in [0.5, 0.6) is 0 Å². The third-order valence-corrected chi connectivity index (χ3v) is 2.88. The standard InChI is InChI=1S/C13H17ClN4.2H3O4P/c14-10-1-2-11-12(3-5-17-13(11)9-10)18-8-7-16-6-4-15;2*1-5(2,3)4/h1-3,5,9,16H,4,6-8,15H2,(H,17,18);2*(H3,1,2,3,4). The fraction of sp³-hybridized carbons (Fsp3) is 0.308. The first-order valence-corrected chi connectivity index (χ1v) is 11.1. The second-order valence-electron chi connectivity index (χ2n) is 5.01. The predicted octanol–water partition coefficient (Wildman–Crippen LogP) is -0.00880. The molecule has 2 rings (SSSR count). The number of nitrogens with two attached hydrogens (primary N) is 1. The first-order valence-electron chi connectivity index (χ1n) is 7.56. The molecule has 1 aromatic heterocycles. The van der Waals surface area contributed by atoms with E-state index >= 15 is 0 Å². The molecule has 0 atom stereocenters. The molecule has 0 aliphatic heterocycles. The molecule has 160 valence electrons. The van der Waals surface area contributed by atoms with Crippen LogP contribution in [0, 0.1) is 0 Å². The van der Waals surface area contributed by atoms with Crippen molar-refractivity contribution in [2.45, 2.75) is 0 Å². The van der Waals surface area contributed by atoms with E-state index in [0.29, 0.717) is 11.6 Å². The van der Waals surface area contributed by atoms with Crippen LogP contribution < -0.4 is 16.4 Å². The van der Waals surface area contributed by atoms with E-state index in [9.17, 15) is 0 Å². The summed E-state index contributed by atoms with van der Waals surface area (Å²) in [5.74, 6) is 0. The number of hydrogen-bond donors (Lipinski definition) is 9. The molecule has 0 amide bonds. The Morgan fingerprint density at radius 1 is 0.964 bits per heavy atom. The summed E-state index contributed by atoms with van der Waals surface area (Å²) in [5, 5.41) is 8.41. The van der Waals surface area contributed by atoms with Crippen molar-refractivity contribution in [1.29, 1.82) is 0 Å². The Labute approximate surface area is 165 Å². The van der Waals surface area contributed by atoms with Crippen LogP contribution in [0.2, 0.25) is 5.02 Å². The van der Waals surface area contributed by atoms with Crippen molar-refractivity contribution in [1.82, 2.24) is 10.3 Å². The smallest absolute Gasteiger partial charge is 0.383 e. The molecule has 2 aromatic rings. The summed E-state index contributed by atoms with van der Waals surface area (Å²) in [5.41, 5.74) is 7.39. The molecule has 0 saturated heterocycles. The van der Waals surface area contributed by atoms with Gasteiger partial charge in [-0.25, -0.2) is 9.13 Å². The molecule has 1 aromatic carbocycles. The largest absolute Gasteiger partial charge is 0.466 e. The summed E-state index contributed by atoms with van der Waals surface area (Å²) in [6.07, 6.45) is 1.79. The van der Waals surface area contributed by atoms with E-state index in [4.69, 9.17) is 55.8 Å². The number of nitrogens with zero attached hydrogens (tertiary/aromatic N) is 1. The summed E-state index contributed by atoms with van der Waals surface area (Å²) in [6, 6.07) is 7.71. The molecule has 0 saturated carbocycles. The van der Waals surface area contributed by atoms with Crippen molar-refractivity contribution < 1.29 is 38.5 Å². The highest BCUT2D eigenvalue weighted by atomic mass is 35.5. The molecule has 0 aliphatic rings. The second-order valence-corrected chi connectivity index (χ2v) is 7.50. The van der Waals surface area contributed by atoms with Gasteiger partial charge in [-0.15, -0.1) is 0 Å².